The maximum absolute atomic E-state index is 13.1. The lowest BCUT2D eigenvalue weighted by atomic mass is 10.1. The number of nitrogens with zero attached hydrogens (tertiary/aromatic N) is 4. The fourth-order valence-electron chi connectivity index (χ4n) is 3.95. The molecule has 0 aliphatic carbocycles. The zero-order valence-corrected chi connectivity index (χ0v) is 24.7. The Labute approximate surface area is 257 Å². The van der Waals surface area contributed by atoms with E-state index in [0.717, 1.165) is 30.0 Å². The molecule has 3 aromatic carbocycles. The molecule has 0 aliphatic rings. The number of nitro groups is 1. The summed E-state index contributed by atoms with van der Waals surface area (Å²) in [6, 6.07) is 13.6. The molecule has 0 spiro atoms. The fraction of sp³-hybridized carbons (Fsp3) is 0.214. The second-order valence-corrected chi connectivity index (χ2v) is 10.5. The van der Waals surface area contributed by atoms with Crippen LogP contribution in [0, 0.1) is 17.0 Å². The molecule has 4 rings (SSSR count). The van der Waals surface area contributed by atoms with Gasteiger partial charge >= 0.3 is 6.18 Å². The zero-order valence-electron chi connectivity index (χ0n) is 23.1. The largest absolute Gasteiger partial charge is 0.494 e. The Hall–Kier alpha value is -4.63. The number of aromatic nitrogens is 3. The summed E-state index contributed by atoms with van der Waals surface area (Å²) in [6.07, 6.45) is -4.62. The Morgan fingerprint density at radius 3 is 2.48 bits per heavy atom. The summed E-state index contributed by atoms with van der Waals surface area (Å²) in [6.45, 7) is 3.72. The van der Waals surface area contributed by atoms with E-state index >= 15 is 0 Å². The number of hydrogen-bond donors (Lipinski definition) is 2. The predicted molar refractivity (Wildman–Crippen MR) is 157 cm³/mol. The zero-order chi connectivity index (χ0) is 32.0. The highest BCUT2D eigenvalue weighted by Crippen LogP contribution is 2.34. The predicted octanol–water partition coefficient (Wildman–Crippen LogP) is 6.22. The molecule has 1 aromatic heterocycles. The van der Waals surface area contributed by atoms with Crippen LogP contribution in [0.1, 0.15) is 34.2 Å². The lowest BCUT2D eigenvalue weighted by Crippen LogP contribution is -2.25. The molecule has 2 amide bonds. The summed E-state index contributed by atoms with van der Waals surface area (Å²) in [5.74, 6) is -0.616. The van der Waals surface area contributed by atoms with E-state index in [4.69, 9.17) is 16.3 Å². The van der Waals surface area contributed by atoms with Gasteiger partial charge in [-0.15, -0.1) is 10.2 Å². The topological polar surface area (TPSA) is 141 Å². The van der Waals surface area contributed by atoms with E-state index < -0.39 is 28.5 Å². The third-order valence-corrected chi connectivity index (χ3v) is 7.34. The van der Waals surface area contributed by atoms with Crippen molar-refractivity contribution < 1.29 is 32.4 Å². The summed E-state index contributed by atoms with van der Waals surface area (Å²) in [5, 5.41) is 24.8. The number of thioether (sulfide) groups is 1. The Morgan fingerprint density at radius 1 is 1.09 bits per heavy atom. The average molecular weight is 649 g/mol. The summed E-state index contributed by atoms with van der Waals surface area (Å²) >= 11 is 6.94. The van der Waals surface area contributed by atoms with Gasteiger partial charge in [-0.05, 0) is 62.4 Å². The molecule has 0 atom stereocenters. The van der Waals surface area contributed by atoms with Gasteiger partial charge in [0.2, 0.25) is 5.91 Å². The van der Waals surface area contributed by atoms with E-state index in [-0.39, 0.29) is 45.2 Å². The molecule has 0 aliphatic heterocycles. The van der Waals surface area contributed by atoms with Gasteiger partial charge in [0.1, 0.15) is 5.75 Å². The minimum absolute atomic E-state index is 0.0640. The fourth-order valence-corrected chi connectivity index (χ4v) is 4.88. The first-order valence-electron chi connectivity index (χ1n) is 12.9. The van der Waals surface area contributed by atoms with Gasteiger partial charge < -0.3 is 15.4 Å². The van der Waals surface area contributed by atoms with Gasteiger partial charge in [0.25, 0.3) is 11.6 Å². The number of nitro benzene ring substituents is 1. The molecule has 44 heavy (non-hydrogen) atoms. The number of benzene rings is 3. The van der Waals surface area contributed by atoms with Gasteiger partial charge in [0.15, 0.2) is 11.0 Å². The Kier molecular flexibility index (Phi) is 10.1. The van der Waals surface area contributed by atoms with Gasteiger partial charge in [-0.2, -0.15) is 13.2 Å². The molecule has 11 nitrogen and oxygen atoms in total. The van der Waals surface area contributed by atoms with Gasteiger partial charge in [-0.25, -0.2) is 0 Å². The van der Waals surface area contributed by atoms with Crippen molar-refractivity contribution in [3.63, 3.8) is 0 Å². The van der Waals surface area contributed by atoms with Crippen molar-refractivity contribution in [3.8, 4) is 11.4 Å². The molecule has 16 heteroatoms. The van der Waals surface area contributed by atoms with Crippen LogP contribution in [0.4, 0.5) is 24.5 Å². The molecule has 0 radical (unpaired) electrons. The number of carbonyl (C=O) groups is 2. The lowest BCUT2D eigenvalue weighted by Gasteiger charge is -2.13. The minimum Gasteiger partial charge on any atom is -0.494 e. The normalized spacial score (nSPS) is 11.2. The van der Waals surface area contributed by atoms with Crippen LogP contribution in [0.25, 0.3) is 5.69 Å². The number of halogens is 4. The molecule has 0 bridgehead atoms. The van der Waals surface area contributed by atoms with Crippen LogP contribution in [0.5, 0.6) is 5.75 Å². The number of rotatable bonds is 11. The van der Waals surface area contributed by atoms with E-state index in [9.17, 15) is 32.9 Å². The summed E-state index contributed by atoms with van der Waals surface area (Å²) < 4.78 is 46.4. The summed E-state index contributed by atoms with van der Waals surface area (Å²) in [4.78, 5) is 36.2. The number of hydrogen-bond acceptors (Lipinski definition) is 8. The molecule has 0 fully saturated rings. The third-order valence-electron chi connectivity index (χ3n) is 6.08. The Morgan fingerprint density at radius 2 is 1.82 bits per heavy atom. The number of carbonyl (C=O) groups excluding carboxylic acids is 2. The molecule has 1 heterocycles. The van der Waals surface area contributed by atoms with Crippen LogP contribution in [-0.2, 0) is 17.5 Å². The number of ether oxygens (including phenoxy) is 1. The van der Waals surface area contributed by atoms with E-state index in [2.05, 4.69) is 20.8 Å². The second kappa shape index (κ2) is 13.8. The minimum atomic E-state index is -4.62. The van der Waals surface area contributed by atoms with Crippen LogP contribution < -0.4 is 15.4 Å². The number of amides is 2. The highest BCUT2D eigenvalue weighted by Gasteiger charge is 2.31. The number of alkyl halides is 3. The van der Waals surface area contributed by atoms with Crippen LogP contribution in [-0.4, -0.2) is 43.9 Å². The molecule has 4 aromatic rings. The van der Waals surface area contributed by atoms with Gasteiger partial charge in [-0.1, -0.05) is 29.4 Å². The van der Waals surface area contributed by atoms with E-state index in [1.807, 2.05) is 6.92 Å². The highest BCUT2D eigenvalue weighted by molar-refractivity contribution is 7.99. The quantitative estimate of drug-likeness (QED) is 0.111. The van der Waals surface area contributed by atoms with Gasteiger partial charge in [-0.3, -0.25) is 24.3 Å². The maximum atomic E-state index is 13.1. The van der Waals surface area contributed by atoms with Crippen molar-refractivity contribution in [1.82, 2.24) is 20.1 Å². The van der Waals surface area contributed by atoms with E-state index in [0.29, 0.717) is 23.6 Å². The number of nitrogens with one attached hydrogen (secondary N) is 2. The molecular weight excluding hydrogens is 625 g/mol. The summed E-state index contributed by atoms with van der Waals surface area (Å²) in [7, 11) is 0. The van der Waals surface area contributed by atoms with Crippen molar-refractivity contribution in [2.75, 3.05) is 17.7 Å². The van der Waals surface area contributed by atoms with Crippen LogP contribution in [0.3, 0.4) is 0 Å². The lowest BCUT2D eigenvalue weighted by molar-refractivity contribution is -0.385. The standard InChI is InChI=1S/C28H24ClF3N6O5S/c1-3-43-20-9-7-19(8-10-20)37-24(14-33-26(40)17-5-4-16(2)23(12-17)38(41)42)35-36-27(37)44-15-25(39)34-22-13-18(28(30,31)32)6-11-21(22)29/h4-13H,3,14-15H2,1-2H3,(H,33,40)(H,34,39). The van der Waals surface area contributed by atoms with Crippen LogP contribution in [0.2, 0.25) is 5.02 Å². The van der Waals surface area contributed by atoms with Crippen molar-refractivity contribution in [1.29, 1.82) is 0 Å². The molecule has 0 saturated carbocycles. The average Bonchev–Trinajstić information content (AvgIpc) is 3.38. The first-order valence-corrected chi connectivity index (χ1v) is 14.2. The van der Waals surface area contributed by atoms with Gasteiger partial charge in [0, 0.05) is 22.9 Å². The monoisotopic (exact) mass is 648 g/mol. The second-order valence-electron chi connectivity index (χ2n) is 9.13. The molecule has 0 unspecified atom stereocenters. The Bertz CT molecular complexity index is 1700. The summed E-state index contributed by atoms with van der Waals surface area (Å²) in [5.41, 5.74) is -0.306. The highest BCUT2D eigenvalue weighted by atomic mass is 35.5. The Balaban J connectivity index is 1.54. The third kappa shape index (κ3) is 7.85. The first kappa shape index (κ1) is 32.3. The number of anilines is 1. The molecule has 2 N–H and O–H groups in total. The molecule has 0 saturated heterocycles. The molecular formula is C28H24ClF3N6O5S. The first-order chi connectivity index (χ1) is 20.9. The van der Waals surface area contributed by atoms with Crippen molar-refractivity contribution in [3.05, 3.63) is 98.3 Å². The van der Waals surface area contributed by atoms with Crippen molar-refractivity contribution in [2.24, 2.45) is 0 Å². The molecule has 230 valence electrons. The van der Waals surface area contributed by atoms with E-state index in [1.165, 1.54) is 18.2 Å². The van der Waals surface area contributed by atoms with Crippen molar-refractivity contribution >= 4 is 46.6 Å². The van der Waals surface area contributed by atoms with Crippen LogP contribution >= 0.6 is 23.4 Å². The van der Waals surface area contributed by atoms with Gasteiger partial charge in [0.05, 0.1) is 40.1 Å². The van der Waals surface area contributed by atoms with E-state index in [1.54, 1.807) is 35.8 Å². The van der Waals surface area contributed by atoms with Crippen LogP contribution in [0.15, 0.2) is 65.8 Å². The smallest absolute Gasteiger partial charge is 0.416 e. The SMILES string of the molecule is CCOc1ccc(-n2c(CNC(=O)c3ccc(C)c([N+](=O)[O-])c3)nnc2SCC(=O)Nc2cc(C(F)(F)F)ccc2Cl)cc1. The maximum Gasteiger partial charge on any atom is 0.416 e. The van der Waals surface area contributed by atoms with Crippen molar-refractivity contribution in [2.45, 2.75) is 31.7 Å². The number of aryl methyl sites for hydroxylation is 1.